The Morgan fingerprint density at radius 2 is 1.47 bits per heavy atom. The minimum Gasteiger partial charge on any atom is -0.448 e. The highest BCUT2D eigenvalue weighted by Crippen LogP contribution is 2.66. The summed E-state index contributed by atoms with van der Waals surface area (Å²) in [6, 6.07) is 15.5. The Labute approximate surface area is 235 Å². The van der Waals surface area contributed by atoms with Crippen molar-refractivity contribution < 1.29 is 19.1 Å². The zero-order valence-corrected chi connectivity index (χ0v) is 23.9. The summed E-state index contributed by atoms with van der Waals surface area (Å²) in [5.74, 6) is -0.245. The number of nitrogens with zero attached hydrogens (tertiary/aromatic N) is 2. The number of ether oxygens (including phenoxy) is 2. The number of carbonyl (C=O) groups is 2. The van der Waals surface area contributed by atoms with Crippen LogP contribution in [0.15, 0.2) is 48.5 Å². The number of piperazine rings is 1. The van der Waals surface area contributed by atoms with E-state index in [1.165, 1.54) is 0 Å². The summed E-state index contributed by atoms with van der Waals surface area (Å²) in [4.78, 5) is 30.5. The van der Waals surface area contributed by atoms with Crippen LogP contribution >= 0.6 is 23.2 Å². The van der Waals surface area contributed by atoms with Gasteiger partial charge in [0.1, 0.15) is 6.10 Å². The second-order valence-corrected chi connectivity index (χ2v) is 12.4. The maximum absolute atomic E-state index is 13.6. The third-order valence-corrected chi connectivity index (χ3v) is 9.84. The van der Waals surface area contributed by atoms with Crippen molar-refractivity contribution >= 4 is 35.1 Å². The molecule has 2 aromatic carbocycles. The molecule has 3 fully saturated rings. The lowest BCUT2D eigenvalue weighted by molar-refractivity contribution is -0.175. The fourth-order valence-electron chi connectivity index (χ4n) is 6.30. The first-order valence-electron chi connectivity index (χ1n) is 13.5. The first-order valence-corrected chi connectivity index (χ1v) is 14.2. The molecule has 0 radical (unpaired) electrons. The van der Waals surface area contributed by atoms with E-state index in [0.29, 0.717) is 42.6 Å². The van der Waals surface area contributed by atoms with Crippen LogP contribution in [-0.4, -0.2) is 66.6 Å². The second kappa shape index (κ2) is 10.5. The van der Waals surface area contributed by atoms with Crippen molar-refractivity contribution in [3.63, 3.8) is 0 Å². The van der Waals surface area contributed by atoms with E-state index < -0.39 is 16.4 Å². The van der Waals surface area contributed by atoms with Crippen LogP contribution in [0.4, 0.5) is 0 Å². The molecule has 6 nitrogen and oxygen atoms in total. The minimum absolute atomic E-state index is 0.0196. The average molecular weight is 560 g/mol. The van der Waals surface area contributed by atoms with Gasteiger partial charge in [-0.1, -0.05) is 61.3 Å². The lowest BCUT2D eigenvalue weighted by Crippen LogP contribution is -2.59. The average Bonchev–Trinajstić information content (AvgIpc) is 3.20. The highest BCUT2D eigenvalue weighted by Gasteiger charge is 2.76. The summed E-state index contributed by atoms with van der Waals surface area (Å²) in [5.41, 5.74) is -0.0236. The van der Waals surface area contributed by atoms with E-state index in [4.69, 9.17) is 32.7 Å². The molecule has 2 saturated heterocycles. The number of benzene rings is 2. The Morgan fingerprint density at radius 3 is 1.95 bits per heavy atom. The smallest absolute Gasteiger partial charge is 0.313 e. The zero-order chi connectivity index (χ0) is 27.1. The minimum atomic E-state index is -1.02. The molecule has 2 aromatic rings. The van der Waals surface area contributed by atoms with Gasteiger partial charge in [-0.05, 0) is 61.6 Å². The normalized spacial score (nSPS) is 26.7. The molecule has 1 amide bonds. The first kappa shape index (κ1) is 27.4. The van der Waals surface area contributed by atoms with Gasteiger partial charge in [-0.25, -0.2) is 0 Å². The van der Waals surface area contributed by atoms with Gasteiger partial charge in [0.05, 0.1) is 5.41 Å². The fourth-order valence-corrected chi connectivity index (χ4v) is 6.55. The van der Waals surface area contributed by atoms with Crippen LogP contribution in [0, 0.1) is 10.8 Å². The molecule has 2 aliphatic heterocycles. The quantitative estimate of drug-likeness (QED) is 0.304. The van der Waals surface area contributed by atoms with Crippen molar-refractivity contribution in [3.8, 4) is 0 Å². The molecule has 8 heteroatoms. The van der Waals surface area contributed by atoms with E-state index in [1.54, 1.807) is 0 Å². The van der Waals surface area contributed by atoms with Crippen LogP contribution in [0.5, 0.6) is 0 Å². The first-order chi connectivity index (χ1) is 18.1. The van der Waals surface area contributed by atoms with Crippen LogP contribution < -0.4 is 0 Å². The molecule has 1 saturated carbocycles. The standard InChI is InChI=1S/C30H36Cl2N2O4/c1-28(2)29(3)13-14-30(28,38-27(29)36)26(35)34-18-16-33(17-19-34)15-4-20-37-25(21-5-9-23(31)10-6-21)22-7-11-24(32)12-8-22/h5-12,25H,4,13-20H2,1-3H3/t29-,30-/m0/s1. The Kier molecular flexibility index (Phi) is 7.55. The van der Waals surface area contributed by atoms with Gasteiger partial charge >= 0.3 is 5.97 Å². The number of hydrogen-bond acceptors (Lipinski definition) is 5. The molecule has 2 heterocycles. The number of fused-ring (bicyclic) bond motifs is 2. The maximum Gasteiger partial charge on any atom is 0.313 e. The number of carbonyl (C=O) groups excluding carboxylic acids is 2. The third-order valence-electron chi connectivity index (χ3n) is 9.34. The van der Waals surface area contributed by atoms with Crippen molar-refractivity contribution in [1.29, 1.82) is 0 Å². The van der Waals surface area contributed by atoms with Gasteiger partial charge in [0.2, 0.25) is 0 Å². The Hall–Kier alpha value is -2.12. The van der Waals surface area contributed by atoms with Crippen LogP contribution in [0.1, 0.15) is 57.3 Å². The van der Waals surface area contributed by atoms with E-state index in [1.807, 2.05) is 74.2 Å². The molecule has 0 N–H and O–H groups in total. The number of halogens is 2. The summed E-state index contributed by atoms with van der Waals surface area (Å²) in [6.07, 6.45) is 1.99. The maximum atomic E-state index is 13.6. The Bertz CT molecular complexity index is 1130. The highest BCUT2D eigenvalue weighted by atomic mass is 35.5. The van der Waals surface area contributed by atoms with Gasteiger partial charge < -0.3 is 14.4 Å². The van der Waals surface area contributed by atoms with E-state index in [2.05, 4.69) is 4.90 Å². The number of amides is 1. The molecule has 2 bridgehead atoms. The van der Waals surface area contributed by atoms with Crippen molar-refractivity contribution in [2.75, 3.05) is 39.3 Å². The van der Waals surface area contributed by atoms with Crippen LogP contribution in [0.2, 0.25) is 10.0 Å². The molecule has 0 aromatic heterocycles. The predicted octanol–water partition coefficient (Wildman–Crippen LogP) is 5.76. The Balaban J connectivity index is 1.13. The van der Waals surface area contributed by atoms with Crippen molar-refractivity contribution in [1.82, 2.24) is 9.80 Å². The lowest BCUT2D eigenvalue weighted by Gasteiger charge is -2.42. The lowest BCUT2D eigenvalue weighted by atomic mass is 9.66. The third kappa shape index (κ3) is 4.64. The van der Waals surface area contributed by atoms with E-state index in [9.17, 15) is 9.59 Å². The van der Waals surface area contributed by atoms with Crippen LogP contribution in [0.25, 0.3) is 0 Å². The van der Waals surface area contributed by atoms with E-state index in [-0.39, 0.29) is 18.0 Å². The predicted molar refractivity (Wildman–Crippen MR) is 148 cm³/mol. The molecule has 204 valence electrons. The van der Waals surface area contributed by atoms with Gasteiger partial charge in [0, 0.05) is 54.8 Å². The molecule has 3 aliphatic rings. The molecule has 0 spiro atoms. The fraction of sp³-hybridized carbons (Fsp3) is 0.533. The SMILES string of the molecule is CC1(C)[C@@]2(C)CC[C@@]1(C(=O)N1CCN(CCCOC(c3ccc(Cl)cc3)c3ccc(Cl)cc3)CC1)OC2=O. The second-order valence-electron chi connectivity index (χ2n) is 11.5. The number of rotatable bonds is 8. The summed E-state index contributed by atoms with van der Waals surface area (Å²) in [7, 11) is 0. The van der Waals surface area contributed by atoms with Gasteiger partial charge in [0.15, 0.2) is 5.60 Å². The van der Waals surface area contributed by atoms with Gasteiger partial charge in [-0.15, -0.1) is 0 Å². The van der Waals surface area contributed by atoms with Crippen LogP contribution in [0.3, 0.4) is 0 Å². The van der Waals surface area contributed by atoms with Gasteiger partial charge in [-0.2, -0.15) is 0 Å². The monoisotopic (exact) mass is 558 g/mol. The molecule has 5 rings (SSSR count). The highest BCUT2D eigenvalue weighted by molar-refractivity contribution is 6.30. The zero-order valence-electron chi connectivity index (χ0n) is 22.3. The number of hydrogen-bond donors (Lipinski definition) is 0. The summed E-state index contributed by atoms with van der Waals surface area (Å²) < 4.78 is 12.2. The number of esters is 1. The van der Waals surface area contributed by atoms with E-state index >= 15 is 0 Å². The van der Waals surface area contributed by atoms with E-state index in [0.717, 1.165) is 37.2 Å². The summed E-state index contributed by atoms with van der Waals surface area (Å²) in [5, 5.41) is 1.38. The van der Waals surface area contributed by atoms with Crippen molar-refractivity contribution in [3.05, 3.63) is 69.7 Å². The van der Waals surface area contributed by atoms with Gasteiger partial charge in [-0.3, -0.25) is 14.5 Å². The molecule has 38 heavy (non-hydrogen) atoms. The largest absolute Gasteiger partial charge is 0.448 e. The topological polar surface area (TPSA) is 59.1 Å². The molecular formula is C30H36Cl2N2O4. The summed E-state index contributed by atoms with van der Waals surface area (Å²) in [6.45, 7) is 10.3. The van der Waals surface area contributed by atoms with Gasteiger partial charge in [0.25, 0.3) is 5.91 Å². The molecular weight excluding hydrogens is 523 g/mol. The summed E-state index contributed by atoms with van der Waals surface area (Å²) >= 11 is 12.2. The molecule has 2 atom stereocenters. The van der Waals surface area contributed by atoms with Crippen molar-refractivity contribution in [2.24, 2.45) is 10.8 Å². The van der Waals surface area contributed by atoms with Crippen molar-refractivity contribution in [2.45, 2.75) is 51.7 Å². The molecule has 1 aliphatic carbocycles. The molecule has 0 unspecified atom stereocenters. The Morgan fingerprint density at radius 1 is 0.921 bits per heavy atom. The van der Waals surface area contributed by atoms with Crippen LogP contribution in [-0.2, 0) is 19.1 Å².